The fraction of sp³-hybridized carbons (Fsp3) is 0.267. The number of carbonyl (C=O) groups excluding carboxylic acids is 2. The highest BCUT2D eigenvalue weighted by atomic mass is 16.3. The maximum Gasteiger partial charge on any atom is 0.332 e. The van der Waals surface area contributed by atoms with Crippen LogP contribution in [0.25, 0.3) is 10.9 Å². The van der Waals surface area contributed by atoms with Crippen molar-refractivity contribution >= 4 is 28.5 Å². The molecule has 2 saturated heterocycles. The zero-order chi connectivity index (χ0) is 15.4. The summed E-state index contributed by atoms with van der Waals surface area (Å²) in [5.74, 6) is -0.404. The molecule has 22 heavy (non-hydrogen) atoms. The lowest BCUT2D eigenvalue weighted by Crippen LogP contribution is -2.36. The molecule has 112 valence electrons. The Balaban J connectivity index is 1.79. The van der Waals surface area contributed by atoms with Gasteiger partial charge in [-0.05, 0) is 30.7 Å². The number of aliphatic hydroxyl groups is 1. The van der Waals surface area contributed by atoms with Gasteiger partial charge in [-0.2, -0.15) is 0 Å². The van der Waals surface area contributed by atoms with E-state index in [-0.39, 0.29) is 5.56 Å². The minimum atomic E-state index is -0.807. The molecule has 2 aliphatic heterocycles. The van der Waals surface area contributed by atoms with Gasteiger partial charge in [0.05, 0.1) is 11.8 Å². The lowest BCUT2D eigenvalue weighted by molar-refractivity contribution is -0.121. The van der Waals surface area contributed by atoms with Gasteiger partial charge in [-0.3, -0.25) is 9.59 Å². The predicted octanol–water partition coefficient (Wildman–Crippen LogP) is 0.430. The Morgan fingerprint density at radius 2 is 1.95 bits per heavy atom. The number of amides is 3. The smallest absolute Gasteiger partial charge is 0.332 e. The molecule has 2 aliphatic rings. The Hall–Kier alpha value is -2.67. The predicted molar refractivity (Wildman–Crippen MR) is 78.6 cm³/mol. The first-order valence-corrected chi connectivity index (χ1v) is 7.02. The number of imide groups is 1. The van der Waals surface area contributed by atoms with Crippen LogP contribution in [-0.4, -0.2) is 45.6 Å². The molecule has 7 heteroatoms. The first-order chi connectivity index (χ1) is 10.6. The number of pyridine rings is 1. The van der Waals surface area contributed by atoms with E-state index in [0.29, 0.717) is 24.2 Å². The Labute approximate surface area is 124 Å². The molecule has 3 heterocycles. The third kappa shape index (κ3) is 1.69. The number of aliphatic hydroxyl groups excluding tert-OH is 1. The van der Waals surface area contributed by atoms with E-state index in [1.807, 2.05) is 0 Å². The SMILES string of the molecule is O=C1[C@@H]2C(O)CCN2C(=O)N1c1ccc2[nH]c(=O)ccc2c1. The second-order valence-electron chi connectivity index (χ2n) is 5.54. The average molecular weight is 299 g/mol. The first-order valence-electron chi connectivity index (χ1n) is 7.02. The maximum atomic E-state index is 12.4. The monoisotopic (exact) mass is 299 g/mol. The highest BCUT2D eigenvalue weighted by Gasteiger charge is 2.52. The summed E-state index contributed by atoms with van der Waals surface area (Å²) in [6, 6.07) is 6.79. The van der Waals surface area contributed by atoms with Crippen LogP contribution in [-0.2, 0) is 4.79 Å². The summed E-state index contributed by atoms with van der Waals surface area (Å²) >= 11 is 0. The van der Waals surface area contributed by atoms with Crippen molar-refractivity contribution in [2.45, 2.75) is 18.6 Å². The number of hydrogen-bond acceptors (Lipinski definition) is 4. The van der Waals surface area contributed by atoms with Crippen LogP contribution < -0.4 is 10.5 Å². The van der Waals surface area contributed by atoms with Crippen LogP contribution >= 0.6 is 0 Å². The molecular formula is C15H13N3O4. The number of rotatable bonds is 1. The standard InChI is InChI=1S/C15H13N3O4/c19-11-5-6-17-13(11)14(21)18(15(17)22)9-2-3-10-8(7-9)1-4-12(20)16-10/h1-4,7,11,13,19H,5-6H2,(H,16,20)/t11?,13-/m0/s1. The van der Waals surface area contributed by atoms with E-state index in [1.165, 1.54) is 11.0 Å². The molecular weight excluding hydrogens is 286 g/mol. The third-order valence-corrected chi connectivity index (χ3v) is 4.24. The Morgan fingerprint density at radius 1 is 1.14 bits per heavy atom. The van der Waals surface area contributed by atoms with Gasteiger partial charge in [0.15, 0.2) is 0 Å². The van der Waals surface area contributed by atoms with Crippen molar-refractivity contribution in [3.8, 4) is 0 Å². The summed E-state index contributed by atoms with van der Waals surface area (Å²) < 4.78 is 0. The van der Waals surface area contributed by atoms with E-state index >= 15 is 0 Å². The van der Waals surface area contributed by atoms with Crippen molar-refractivity contribution in [3.63, 3.8) is 0 Å². The van der Waals surface area contributed by atoms with Crippen molar-refractivity contribution < 1.29 is 14.7 Å². The molecule has 2 fully saturated rings. The van der Waals surface area contributed by atoms with Gasteiger partial charge in [0.25, 0.3) is 5.91 Å². The van der Waals surface area contributed by atoms with E-state index in [4.69, 9.17) is 0 Å². The van der Waals surface area contributed by atoms with Crippen molar-refractivity contribution in [3.05, 3.63) is 40.7 Å². The summed E-state index contributed by atoms with van der Waals surface area (Å²) in [5, 5.41) is 10.6. The van der Waals surface area contributed by atoms with Gasteiger partial charge >= 0.3 is 6.03 Å². The molecule has 0 bridgehead atoms. The molecule has 2 N–H and O–H groups in total. The van der Waals surface area contributed by atoms with Crippen molar-refractivity contribution in [1.82, 2.24) is 9.88 Å². The van der Waals surface area contributed by atoms with E-state index < -0.39 is 24.1 Å². The van der Waals surface area contributed by atoms with Crippen LogP contribution in [0, 0.1) is 0 Å². The Morgan fingerprint density at radius 3 is 2.73 bits per heavy atom. The number of fused-ring (bicyclic) bond motifs is 2. The minimum Gasteiger partial charge on any atom is -0.390 e. The molecule has 7 nitrogen and oxygen atoms in total. The summed E-state index contributed by atoms with van der Waals surface area (Å²) in [6.45, 7) is 0.383. The van der Waals surface area contributed by atoms with Crippen LogP contribution in [0.1, 0.15) is 6.42 Å². The largest absolute Gasteiger partial charge is 0.390 e. The molecule has 2 atom stereocenters. The second-order valence-corrected chi connectivity index (χ2v) is 5.54. The van der Waals surface area contributed by atoms with E-state index in [0.717, 1.165) is 10.3 Å². The number of aromatic nitrogens is 1. The summed E-state index contributed by atoms with van der Waals surface area (Å²) in [4.78, 5) is 41.3. The van der Waals surface area contributed by atoms with Gasteiger partial charge < -0.3 is 15.0 Å². The zero-order valence-electron chi connectivity index (χ0n) is 11.5. The zero-order valence-corrected chi connectivity index (χ0v) is 11.5. The van der Waals surface area contributed by atoms with E-state index in [1.54, 1.807) is 24.3 Å². The average Bonchev–Trinajstić information content (AvgIpc) is 2.99. The van der Waals surface area contributed by atoms with Crippen molar-refractivity contribution in [1.29, 1.82) is 0 Å². The first kappa shape index (κ1) is 13.0. The second kappa shape index (κ2) is 4.41. The number of hydrogen-bond donors (Lipinski definition) is 2. The van der Waals surface area contributed by atoms with Crippen molar-refractivity contribution in [2.75, 3.05) is 11.4 Å². The molecule has 0 saturated carbocycles. The number of nitrogens with one attached hydrogen (secondary N) is 1. The number of carbonyl (C=O) groups is 2. The van der Waals surface area contributed by atoms with Gasteiger partial charge in [-0.1, -0.05) is 0 Å². The molecule has 0 aliphatic carbocycles. The lowest BCUT2D eigenvalue weighted by atomic mass is 10.1. The van der Waals surface area contributed by atoms with E-state index in [2.05, 4.69) is 4.98 Å². The molecule has 0 spiro atoms. The van der Waals surface area contributed by atoms with Crippen LogP contribution in [0.5, 0.6) is 0 Å². The highest BCUT2D eigenvalue weighted by Crippen LogP contribution is 2.32. The number of urea groups is 1. The molecule has 1 aromatic heterocycles. The van der Waals surface area contributed by atoms with Crippen LogP contribution in [0.4, 0.5) is 10.5 Å². The van der Waals surface area contributed by atoms with Crippen molar-refractivity contribution in [2.24, 2.45) is 0 Å². The quantitative estimate of drug-likeness (QED) is 0.747. The number of benzene rings is 1. The fourth-order valence-corrected chi connectivity index (χ4v) is 3.16. The number of anilines is 1. The number of nitrogens with zero attached hydrogens (tertiary/aromatic N) is 2. The topological polar surface area (TPSA) is 93.7 Å². The summed E-state index contributed by atoms with van der Waals surface area (Å²) in [7, 11) is 0. The Bertz CT molecular complexity index is 859. The third-order valence-electron chi connectivity index (χ3n) is 4.24. The molecule has 2 aromatic rings. The summed E-state index contributed by atoms with van der Waals surface area (Å²) in [6.07, 6.45) is -0.382. The highest BCUT2D eigenvalue weighted by molar-refractivity contribution is 6.22. The van der Waals surface area contributed by atoms with E-state index in [9.17, 15) is 19.5 Å². The van der Waals surface area contributed by atoms with Crippen LogP contribution in [0.2, 0.25) is 0 Å². The van der Waals surface area contributed by atoms with Gasteiger partial charge in [-0.25, -0.2) is 9.69 Å². The normalized spacial score (nSPS) is 24.4. The van der Waals surface area contributed by atoms with Crippen LogP contribution in [0.3, 0.4) is 0 Å². The molecule has 1 aromatic carbocycles. The minimum absolute atomic E-state index is 0.211. The fourth-order valence-electron chi connectivity index (χ4n) is 3.16. The lowest BCUT2D eigenvalue weighted by Gasteiger charge is -2.16. The van der Waals surface area contributed by atoms with Crippen LogP contribution in [0.15, 0.2) is 35.1 Å². The maximum absolute atomic E-state index is 12.4. The molecule has 0 radical (unpaired) electrons. The molecule has 4 rings (SSSR count). The number of H-pyrrole nitrogens is 1. The molecule has 1 unspecified atom stereocenters. The van der Waals surface area contributed by atoms with Gasteiger partial charge in [0.1, 0.15) is 6.04 Å². The van der Waals surface area contributed by atoms with Gasteiger partial charge in [-0.15, -0.1) is 0 Å². The number of aromatic amines is 1. The van der Waals surface area contributed by atoms with Gasteiger partial charge in [0, 0.05) is 23.5 Å². The molecule has 3 amide bonds. The van der Waals surface area contributed by atoms with Gasteiger partial charge in [0.2, 0.25) is 5.56 Å². The summed E-state index contributed by atoms with van der Waals surface area (Å²) in [5.41, 5.74) is 0.865. The Kier molecular flexibility index (Phi) is 2.61.